The van der Waals surface area contributed by atoms with E-state index in [1.807, 2.05) is 0 Å². The topological polar surface area (TPSA) is 51.2 Å². The van der Waals surface area contributed by atoms with Gasteiger partial charge in [-0.25, -0.2) is 9.78 Å². The molecule has 0 aliphatic carbocycles. The van der Waals surface area contributed by atoms with Gasteiger partial charge in [0.1, 0.15) is 5.82 Å². The summed E-state index contributed by atoms with van der Waals surface area (Å²) in [6, 6.07) is 3.41. The summed E-state index contributed by atoms with van der Waals surface area (Å²) in [6.45, 7) is 2.11. The standard InChI is InChI=1S/C10H11ClN2O2/c1-2-15-10(14)5-6-12-9-4-3-8(11)7-13-9/h3-7H,2H2,1H3,(H,12,13)/b6-5+. The van der Waals surface area contributed by atoms with E-state index in [0.717, 1.165) is 0 Å². The van der Waals surface area contributed by atoms with E-state index in [2.05, 4.69) is 10.3 Å². The highest BCUT2D eigenvalue weighted by atomic mass is 35.5. The SMILES string of the molecule is CCOC(=O)/C=C/Nc1ccc(Cl)cn1. The van der Waals surface area contributed by atoms with Gasteiger partial charge in [-0.2, -0.15) is 0 Å². The van der Waals surface area contributed by atoms with E-state index in [-0.39, 0.29) is 5.97 Å². The summed E-state index contributed by atoms with van der Waals surface area (Å²) in [5.74, 6) is 0.221. The van der Waals surface area contributed by atoms with Gasteiger partial charge >= 0.3 is 5.97 Å². The molecule has 4 nitrogen and oxygen atoms in total. The van der Waals surface area contributed by atoms with Crippen LogP contribution in [0, 0.1) is 0 Å². The molecule has 0 unspecified atom stereocenters. The van der Waals surface area contributed by atoms with Crippen LogP contribution in [0.4, 0.5) is 5.82 Å². The number of carbonyl (C=O) groups is 1. The smallest absolute Gasteiger partial charge is 0.332 e. The average molecular weight is 227 g/mol. The van der Waals surface area contributed by atoms with E-state index in [4.69, 9.17) is 16.3 Å². The largest absolute Gasteiger partial charge is 0.463 e. The first-order valence-electron chi connectivity index (χ1n) is 4.43. The molecule has 0 atom stereocenters. The van der Waals surface area contributed by atoms with Gasteiger partial charge in [0.15, 0.2) is 0 Å². The molecule has 1 rings (SSSR count). The van der Waals surface area contributed by atoms with E-state index in [1.54, 1.807) is 19.1 Å². The number of hydrogen-bond acceptors (Lipinski definition) is 4. The number of carbonyl (C=O) groups excluding carboxylic acids is 1. The molecule has 1 aromatic heterocycles. The lowest BCUT2D eigenvalue weighted by Crippen LogP contribution is -2.00. The highest BCUT2D eigenvalue weighted by Crippen LogP contribution is 2.09. The maximum atomic E-state index is 10.9. The van der Waals surface area contributed by atoms with Crippen LogP contribution in [0.3, 0.4) is 0 Å². The number of pyridine rings is 1. The zero-order valence-corrected chi connectivity index (χ0v) is 8.99. The van der Waals surface area contributed by atoms with Gasteiger partial charge in [0, 0.05) is 18.5 Å². The summed E-state index contributed by atoms with van der Waals surface area (Å²) in [5.41, 5.74) is 0. The normalized spacial score (nSPS) is 10.3. The van der Waals surface area contributed by atoms with E-state index < -0.39 is 0 Å². The highest BCUT2D eigenvalue weighted by molar-refractivity contribution is 6.30. The summed E-state index contributed by atoms with van der Waals surface area (Å²) in [4.78, 5) is 14.9. The quantitative estimate of drug-likeness (QED) is 0.632. The number of nitrogens with zero attached hydrogens (tertiary/aromatic N) is 1. The molecule has 0 aliphatic rings. The van der Waals surface area contributed by atoms with Gasteiger partial charge in [0.25, 0.3) is 0 Å². The lowest BCUT2D eigenvalue weighted by Gasteiger charge is -1.99. The Morgan fingerprint density at radius 3 is 3.07 bits per heavy atom. The molecule has 0 saturated carbocycles. The lowest BCUT2D eigenvalue weighted by atomic mass is 10.4. The number of esters is 1. The molecule has 0 aliphatic heterocycles. The second-order valence-corrected chi connectivity index (χ2v) is 3.03. The van der Waals surface area contributed by atoms with Crippen molar-refractivity contribution in [3.63, 3.8) is 0 Å². The van der Waals surface area contributed by atoms with E-state index >= 15 is 0 Å². The average Bonchev–Trinajstić information content (AvgIpc) is 2.21. The molecule has 0 saturated heterocycles. The fourth-order valence-electron chi connectivity index (χ4n) is 0.847. The number of rotatable bonds is 4. The van der Waals surface area contributed by atoms with Crippen LogP contribution >= 0.6 is 11.6 Å². The Morgan fingerprint density at radius 2 is 2.47 bits per heavy atom. The molecule has 0 bridgehead atoms. The lowest BCUT2D eigenvalue weighted by molar-refractivity contribution is -0.137. The second kappa shape index (κ2) is 6.03. The molecule has 1 N–H and O–H groups in total. The van der Waals surface area contributed by atoms with Crippen LogP contribution < -0.4 is 5.32 Å². The molecule has 15 heavy (non-hydrogen) atoms. The monoisotopic (exact) mass is 226 g/mol. The van der Waals surface area contributed by atoms with Crippen LogP contribution in [0.15, 0.2) is 30.6 Å². The molecule has 0 amide bonds. The summed E-state index contributed by atoms with van der Waals surface area (Å²) in [7, 11) is 0. The molecular formula is C10H11ClN2O2. The first kappa shape index (κ1) is 11.5. The van der Waals surface area contributed by atoms with Crippen molar-refractivity contribution in [1.82, 2.24) is 4.98 Å². The van der Waals surface area contributed by atoms with Gasteiger partial charge in [-0.3, -0.25) is 0 Å². The van der Waals surface area contributed by atoms with Crippen LogP contribution in [0.25, 0.3) is 0 Å². The minimum atomic E-state index is -0.390. The number of aromatic nitrogens is 1. The summed E-state index contributed by atoms with van der Waals surface area (Å²) >= 11 is 5.65. The van der Waals surface area contributed by atoms with Crippen LogP contribution in [0.1, 0.15) is 6.92 Å². The highest BCUT2D eigenvalue weighted by Gasteiger charge is 1.93. The Bertz CT molecular complexity index is 349. The van der Waals surface area contributed by atoms with Gasteiger partial charge in [-0.1, -0.05) is 11.6 Å². The van der Waals surface area contributed by atoms with Gasteiger partial charge in [0.2, 0.25) is 0 Å². The Labute approximate surface area is 92.9 Å². The minimum Gasteiger partial charge on any atom is -0.463 e. The van der Waals surface area contributed by atoms with E-state index in [1.165, 1.54) is 18.5 Å². The van der Waals surface area contributed by atoms with Crippen molar-refractivity contribution in [3.8, 4) is 0 Å². The zero-order valence-electron chi connectivity index (χ0n) is 8.24. The van der Waals surface area contributed by atoms with Crippen LogP contribution in [0.5, 0.6) is 0 Å². The molecule has 0 spiro atoms. The van der Waals surface area contributed by atoms with Crippen LogP contribution in [-0.2, 0) is 9.53 Å². The molecular weight excluding hydrogens is 216 g/mol. The summed E-state index contributed by atoms with van der Waals surface area (Å²) in [5, 5.41) is 3.37. The van der Waals surface area contributed by atoms with E-state index in [9.17, 15) is 4.79 Å². The predicted octanol–water partition coefficient (Wildman–Crippen LogP) is 2.22. The number of anilines is 1. The third-order valence-electron chi connectivity index (χ3n) is 1.46. The molecule has 1 aromatic rings. The molecule has 0 fully saturated rings. The van der Waals surface area contributed by atoms with Gasteiger partial charge < -0.3 is 10.1 Å². The third-order valence-corrected chi connectivity index (χ3v) is 1.69. The minimum absolute atomic E-state index is 0.363. The Hall–Kier alpha value is -1.55. The van der Waals surface area contributed by atoms with Crippen molar-refractivity contribution in [2.24, 2.45) is 0 Å². The number of ether oxygens (including phenoxy) is 1. The molecule has 80 valence electrons. The summed E-state index contributed by atoms with van der Waals surface area (Å²) < 4.78 is 4.69. The zero-order chi connectivity index (χ0) is 11.1. The van der Waals surface area contributed by atoms with Crippen molar-refractivity contribution < 1.29 is 9.53 Å². The maximum Gasteiger partial charge on any atom is 0.332 e. The van der Waals surface area contributed by atoms with E-state index in [0.29, 0.717) is 17.4 Å². The van der Waals surface area contributed by atoms with Gasteiger partial charge in [0.05, 0.1) is 11.6 Å². The Balaban J connectivity index is 2.43. The molecule has 0 radical (unpaired) electrons. The molecule has 1 heterocycles. The van der Waals surface area contributed by atoms with Crippen molar-refractivity contribution >= 4 is 23.4 Å². The first-order valence-corrected chi connectivity index (χ1v) is 4.81. The van der Waals surface area contributed by atoms with Gasteiger partial charge in [-0.15, -0.1) is 0 Å². The summed E-state index contributed by atoms with van der Waals surface area (Å²) in [6.07, 6.45) is 4.27. The second-order valence-electron chi connectivity index (χ2n) is 2.59. The maximum absolute atomic E-state index is 10.9. The number of nitrogens with one attached hydrogen (secondary N) is 1. The Kier molecular flexibility index (Phi) is 4.63. The van der Waals surface area contributed by atoms with Crippen molar-refractivity contribution in [2.45, 2.75) is 6.92 Å². The fourth-order valence-corrected chi connectivity index (χ4v) is 0.958. The van der Waals surface area contributed by atoms with Crippen molar-refractivity contribution in [2.75, 3.05) is 11.9 Å². The Morgan fingerprint density at radius 1 is 1.67 bits per heavy atom. The fraction of sp³-hybridized carbons (Fsp3) is 0.200. The number of halogens is 1. The predicted molar refractivity (Wildman–Crippen MR) is 58.6 cm³/mol. The number of hydrogen-bond donors (Lipinski definition) is 1. The van der Waals surface area contributed by atoms with Crippen LogP contribution in [0.2, 0.25) is 5.02 Å². The van der Waals surface area contributed by atoms with Gasteiger partial charge in [-0.05, 0) is 19.1 Å². The molecule has 0 aromatic carbocycles. The van der Waals surface area contributed by atoms with Crippen molar-refractivity contribution in [1.29, 1.82) is 0 Å². The third kappa shape index (κ3) is 4.46. The first-order chi connectivity index (χ1) is 7.22. The molecule has 5 heteroatoms. The van der Waals surface area contributed by atoms with Crippen molar-refractivity contribution in [3.05, 3.63) is 35.6 Å². The van der Waals surface area contributed by atoms with Crippen LogP contribution in [-0.4, -0.2) is 17.6 Å².